The average Bonchev–Trinajstić information content (AvgIpc) is 2.27. The normalized spacial score (nSPS) is 46.7. The Morgan fingerprint density at radius 3 is 0.667 bits per heavy atom. The summed E-state index contributed by atoms with van der Waals surface area (Å²) in [5, 5.41) is 0. The van der Waals surface area contributed by atoms with E-state index in [1.165, 1.54) is 0 Å². The van der Waals surface area contributed by atoms with Crippen molar-refractivity contribution in [3.05, 3.63) is 0 Å². The van der Waals surface area contributed by atoms with Gasteiger partial charge in [-0.15, -0.1) is 0 Å². The van der Waals surface area contributed by atoms with Crippen LogP contribution in [0.2, 0.25) is 5.48 Å². The molecular weight excluding hydrogens is 202 g/mol. The summed E-state index contributed by atoms with van der Waals surface area (Å²) in [6.07, 6.45) is 0. The molecule has 12 heavy (non-hydrogen) atoms. The SMILES string of the molecule is CC1C(C)C(C)C(C)C1C.[CH3][GaH2]. The summed E-state index contributed by atoms with van der Waals surface area (Å²) >= 11 is 1.06. The molecule has 0 unspecified atom stereocenters. The zero-order valence-electron chi connectivity index (χ0n) is 9.89. The van der Waals surface area contributed by atoms with Crippen LogP contribution in [0.4, 0.5) is 0 Å². The molecule has 0 spiro atoms. The van der Waals surface area contributed by atoms with E-state index in [4.69, 9.17) is 0 Å². The van der Waals surface area contributed by atoms with Crippen LogP contribution in [0.1, 0.15) is 34.6 Å². The van der Waals surface area contributed by atoms with Crippen molar-refractivity contribution in [3.63, 3.8) is 0 Å². The van der Waals surface area contributed by atoms with E-state index in [9.17, 15) is 0 Å². The third kappa shape index (κ3) is 2.32. The van der Waals surface area contributed by atoms with Crippen molar-refractivity contribution in [1.29, 1.82) is 0 Å². The van der Waals surface area contributed by atoms with E-state index in [2.05, 4.69) is 40.1 Å². The van der Waals surface area contributed by atoms with Crippen LogP contribution in [-0.4, -0.2) is 18.6 Å². The summed E-state index contributed by atoms with van der Waals surface area (Å²) in [6.45, 7) is 12.0. The molecule has 0 aromatic heterocycles. The Hall–Kier alpha value is 0.636. The van der Waals surface area contributed by atoms with Crippen LogP contribution < -0.4 is 0 Å². The van der Waals surface area contributed by atoms with E-state index in [0.717, 1.165) is 48.2 Å². The maximum atomic E-state index is 2.40. The molecule has 0 N–H and O–H groups in total. The topological polar surface area (TPSA) is 0 Å². The van der Waals surface area contributed by atoms with E-state index in [0.29, 0.717) is 0 Å². The number of hydrogen-bond donors (Lipinski definition) is 0. The predicted molar refractivity (Wildman–Crippen MR) is 60.2 cm³/mol. The van der Waals surface area contributed by atoms with Gasteiger partial charge in [0.15, 0.2) is 0 Å². The van der Waals surface area contributed by atoms with Gasteiger partial charge < -0.3 is 0 Å². The number of rotatable bonds is 0. The van der Waals surface area contributed by atoms with Crippen LogP contribution in [0.3, 0.4) is 0 Å². The van der Waals surface area contributed by atoms with Gasteiger partial charge in [0.2, 0.25) is 0 Å². The van der Waals surface area contributed by atoms with Crippen molar-refractivity contribution >= 4 is 18.6 Å². The molecule has 0 bridgehead atoms. The fraction of sp³-hybridized carbons (Fsp3) is 1.00. The molecule has 0 saturated heterocycles. The van der Waals surface area contributed by atoms with E-state index < -0.39 is 0 Å². The van der Waals surface area contributed by atoms with Crippen molar-refractivity contribution in [3.8, 4) is 0 Å². The fourth-order valence-corrected chi connectivity index (χ4v) is 2.39. The molecule has 1 aliphatic rings. The molecule has 1 rings (SSSR count). The quantitative estimate of drug-likeness (QED) is 0.558. The Kier molecular flexibility index (Phi) is 5.67. The van der Waals surface area contributed by atoms with Gasteiger partial charge >= 0.3 is 24.1 Å². The van der Waals surface area contributed by atoms with E-state index in [1.807, 2.05) is 0 Å². The van der Waals surface area contributed by atoms with E-state index >= 15 is 0 Å². The molecule has 0 heterocycles. The molecule has 0 amide bonds. The Bertz CT molecular complexity index is 77.3. The molecular formula is C11H25Ga. The fourth-order valence-electron chi connectivity index (χ4n) is 2.39. The molecule has 1 aliphatic carbocycles. The van der Waals surface area contributed by atoms with Crippen LogP contribution in [0.15, 0.2) is 0 Å². The van der Waals surface area contributed by atoms with Gasteiger partial charge in [-0.05, 0) is 29.6 Å². The van der Waals surface area contributed by atoms with Crippen molar-refractivity contribution in [1.82, 2.24) is 0 Å². The Morgan fingerprint density at radius 2 is 0.583 bits per heavy atom. The molecule has 0 atom stereocenters. The van der Waals surface area contributed by atoms with Gasteiger partial charge in [0, 0.05) is 0 Å². The van der Waals surface area contributed by atoms with Crippen molar-refractivity contribution in [2.45, 2.75) is 40.1 Å². The van der Waals surface area contributed by atoms with Crippen molar-refractivity contribution in [2.75, 3.05) is 0 Å². The van der Waals surface area contributed by atoms with Crippen LogP contribution >= 0.6 is 0 Å². The summed E-state index contributed by atoms with van der Waals surface area (Å²) in [5.41, 5.74) is 2.19. The zero-order valence-corrected chi connectivity index (χ0v) is 14.1. The average molecular weight is 227 g/mol. The molecule has 1 fully saturated rings. The summed E-state index contributed by atoms with van der Waals surface area (Å²) in [6, 6.07) is 0. The first-order valence-corrected chi connectivity index (χ1v) is 9.75. The molecule has 0 aromatic carbocycles. The van der Waals surface area contributed by atoms with E-state index in [1.54, 1.807) is 0 Å². The van der Waals surface area contributed by atoms with Gasteiger partial charge in [-0.3, -0.25) is 0 Å². The molecule has 0 aromatic rings. The molecule has 1 heteroatoms. The molecule has 1 saturated carbocycles. The van der Waals surface area contributed by atoms with Crippen molar-refractivity contribution < 1.29 is 0 Å². The molecule has 0 radical (unpaired) electrons. The third-order valence-electron chi connectivity index (χ3n) is 4.15. The second-order valence-corrected chi connectivity index (χ2v) is 4.30. The van der Waals surface area contributed by atoms with Gasteiger partial charge in [0.1, 0.15) is 0 Å². The molecule has 0 aliphatic heterocycles. The predicted octanol–water partition coefficient (Wildman–Crippen LogP) is 2.85. The first-order chi connectivity index (χ1) is 5.55. The second-order valence-electron chi connectivity index (χ2n) is 4.30. The second kappa shape index (κ2) is 5.38. The summed E-state index contributed by atoms with van der Waals surface area (Å²) < 4.78 is 0. The monoisotopic (exact) mass is 226 g/mol. The van der Waals surface area contributed by atoms with Gasteiger partial charge in [-0.25, -0.2) is 0 Å². The summed E-state index contributed by atoms with van der Waals surface area (Å²) in [4.78, 5) is 0. The van der Waals surface area contributed by atoms with Crippen LogP contribution in [-0.2, 0) is 0 Å². The van der Waals surface area contributed by atoms with Crippen LogP contribution in [0, 0.1) is 29.6 Å². The Morgan fingerprint density at radius 1 is 0.500 bits per heavy atom. The van der Waals surface area contributed by atoms with Crippen LogP contribution in [0.5, 0.6) is 0 Å². The number of hydrogen-bond acceptors (Lipinski definition) is 0. The summed E-state index contributed by atoms with van der Waals surface area (Å²) in [7, 11) is 0. The minimum absolute atomic E-state index is 0.935. The first kappa shape index (κ1) is 12.6. The van der Waals surface area contributed by atoms with Crippen LogP contribution in [0.25, 0.3) is 0 Å². The Labute approximate surface area is 88.4 Å². The first-order valence-electron chi connectivity index (χ1n) is 5.55. The Balaban J connectivity index is 0.000000561. The van der Waals surface area contributed by atoms with Gasteiger partial charge in [-0.1, -0.05) is 34.6 Å². The van der Waals surface area contributed by atoms with Crippen molar-refractivity contribution in [2.24, 2.45) is 29.6 Å². The molecule has 0 nitrogen and oxygen atoms in total. The zero-order chi connectivity index (χ0) is 9.89. The minimum atomic E-state index is 0.935. The summed E-state index contributed by atoms with van der Waals surface area (Å²) in [5.74, 6) is 4.68. The van der Waals surface area contributed by atoms with Gasteiger partial charge in [-0.2, -0.15) is 0 Å². The van der Waals surface area contributed by atoms with E-state index in [-0.39, 0.29) is 0 Å². The molecule has 72 valence electrons. The van der Waals surface area contributed by atoms with Gasteiger partial charge in [0.05, 0.1) is 0 Å². The third-order valence-corrected chi connectivity index (χ3v) is 4.15. The van der Waals surface area contributed by atoms with Gasteiger partial charge in [0.25, 0.3) is 0 Å². The standard InChI is InChI=1S/C10H20.CH3.Ga.2H/c1-6-7(2)9(4)10(5)8(6)3;;;;/h6-10H,1-5H3;1H3;;;. The maximum absolute atomic E-state index is 2.40.